The summed E-state index contributed by atoms with van der Waals surface area (Å²) in [5.74, 6) is 1.07. The second-order valence-corrected chi connectivity index (χ2v) is 10.4. The van der Waals surface area contributed by atoms with Crippen molar-refractivity contribution in [2.24, 2.45) is 0 Å². The maximum Gasteiger partial charge on any atom is 0.325 e. The molecule has 3 aromatic rings. The average Bonchev–Trinajstić information content (AvgIpc) is 3.65. The van der Waals surface area contributed by atoms with Crippen LogP contribution in [0.4, 0.5) is 10.6 Å². The molecule has 3 aliphatic rings. The van der Waals surface area contributed by atoms with Crippen molar-refractivity contribution in [1.29, 1.82) is 0 Å². The van der Waals surface area contributed by atoms with E-state index in [9.17, 15) is 14.4 Å². The number of nitrogens with one attached hydrogen (secondary N) is 2. The smallest absolute Gasteiger partial charge is 0.322 e. The largest absolute Gasteiger partial charge is 0.325 e. The summed E-state index contributed by atoms with van der Waals surface area (Å²) in [6, 6.07) is 17.3. The van der Waals surface area contributed by atoms with E-state index in [0.29, 0.717) is 18.0 Å². The first-order chi connectivity index (χ1) is 17.0. The Bertz CT molecular complexity index is 1330. The Hall–Kier alpha value is -3.59. The van der Waals surface area contributed by atoms with Crippen LogP contribution in [0.25, 0.3) is 16.9 Å². The molecular weight excluding hydrogens is 462 g/mol. The van der Waals surface area contributed by atoms with Crippen molar-refractivity contribution in [3.8, 4) is 16.9 Å². The number of imide groups is 1. The molecular formula is C26H25N5O3S. The second-order valence-electron chi connectivity index (χ2n) is 9.25. The number of para-hydroxylation sites is 1. The molecule has 2 aliphatic heterocycles. The molecule has 1 aromatic heterocycles. The molecule has 1 atom stereocenters. The molecule has 9 heteroatoms. The first-order valence-corrected chi connectivity index (χ1v) is 13.0. The third kappa shape index (κ3) is 3.89. The van der Waals surface area contributed by atoms with Gasteiger partial charge >= 0.3 is 6.03 Å². The van der Waals surface area contributed by atoms with Gasteiger partial charge in [0.2, 0.25) is 5.91 Å². The number of hydrogen-bond donors (Lipinski definition) is 2. The van der Waals surface area contributed by atoms with Gasteiger partial charge in [0, 0.05) is 17.4 Å². The Balaban J connectivity index is 1.27. The van der Waals surface area contributed by atoms with Crippen LogP contribution in [0.15, 0.2) is 54.6 Å². The molecule has 2 saturated heterocycles. The van der Waals surface area contributed by atoms with Crippen LogP contribution in [0.2, 0.25) is 0 Å². The van der Waals surface area contributed by atoms with E-state index in [1.165, 1.54) is 17.5 Å². The maximum absolute atomic E-state index is 13.0. The predicted octanol–water partition coefficient (Wildman–Crippen LogP) is 3.39. The highest BCUT2D eigenvalue weighted by molar-refractivity contribution is 7.99. The lowest BCUT2D eigenvalue weighted by atomic mass is 9.99. The number of urea groups is 1. The number of hydrogen-bond acceptors (Lipinski definition) is 5. The van der Waals surface area contributed by atoms with Crippen molar-refractivity contribution in [3.63, 3.8) is 0 Å². The molecule has 2 N–H and O–H groups in total. The Morgan fingerprint density at radius 2 is 1.91 bits per heavy atom. The minimum atomic E-state index is -0.866. The number of aromatic nitrogens is 2. The molecule has 35 heavy (non-hydrogen) atoms. The fourth-order valence-corrected chi connectivity index (χ4v) is 6.41. The van der Waals surface area contributed by atoms with Gasteiger partial charge in [-0.2, -0.15) is 16.9 Å². The van der Waals surface area contributed by atoms with E-state index in [2.05, 4.69) is 28.8 Å². The summed E-state index contributed by atoms with van der Waals surface area (Å²) in [4.78, 5) is 39.5. The third-order valence-electron chi connectivity index (χ3n) is 6.94. The van der Waals surface area contributed by atoms with Crippen LogP contribution in [-0.2, 0) is 22.4 Å². The standard InChI is InChI=1S/C26H25N5O3S/c32-23(15-30-24(33)26(28-25(30)34)11-12-35-16-26)27-22-14-21(29-31(22)20-7-2-1-3-8-20)19-10-9-17-5-4-6-18(17)13-19/h1-3,7-10,13-14H,4-6,11-12,15-16H2,(H,27,32)(H,28,34). The number of nitrogens with zero attached hydrogens (tertiary/aromatic N) is 3. The van der Waals surface area contributed by atoms with Crippen molar-refractivity contribution >= 4 is 35.4 Å². The number of rotatable bonds is 5. The second kappa shape index (κ2) is 8.57. The highest BCUT2D eigenvalue weighted by Gasteiger charge is 2.53. The van der Waals surface area contributed by atoms with E-state index >= 15 is 0 Å². The van der Waals surface area contributed by atoms with Gasteiger partial charge in [0.25, 0.3) is 5.91 Å². The minimum Gasteiger partial charge on any atom is -0.322 e. The van der Waals surface area contributed by atoms with Gasteiger partial charge in [-0.25, -0.2) is 9.48 Å². The summed E-state index contributed by atoms with van der Waals surface area (Å²) < 4.78 is 1.68. The van der Waals surface area contributed by atoms with Crippen molar-refractivity contribution in [3.05, 3.63) is 65.7 Å². The van der Waals surface area contributed by atoms with E-state index in [1.54, 1.807) is 16.4 Å². The van der Waals surface area contributed by atoms with Crippen molar-refractivity contribution in [1.82, 2.24) is 20.0 Å². The van der Waals surface area contributed by atoms with Gasteiger partial charge in [0.1, 0.15) is 17.9 Å². The zero-order valence-corrected chi connectivity index (χ0v) is 19.9. The van der Waals surface area contributed by atoms with Gasteiger partial charge in [0.05, 0.1) is 11.4 Å². The Morgan fingerprint density at radius 3 is 2.71 bits per heavy atom. The van der Waals surface area contributed by atoms with Crippen molar-refractivity contribution in [2.45, 2.75) is 31.2 Å². The number of anilines is 1. The lowest BCUT2D eigenvalue weighted by Crippen LogP contribution is -2.47. The number of amides is 4. The molecule has 1 spiro atoms. The van der Waals surface area contributed by atoms with E-state index in [4.69, 9.17) is 5.10 Å². The molecule has 0 bridgehead atoms. The normalized spacial score (nSPS) is 21.0. The Kier molecular flexibility index (Phi) is 5.36. The van der Waals surface area contributed by atoms with Gasteiger partial charge in [-0.3, -0.25) is 14.5 Å². The van der Waals surface area contributed by atoms with Crippen LogP contribution in [0.5, 0.6) is 0 Å². The zero-order chi connectivity index (χ0) is 24.0. The fraction of sp³-hybridized carbons (Fsp3) is 0.308. The predicted molar refractivity (Wildman–Crippen MR) is 135 cm³/mol. The van der Waals surface area contributed by atoms with E-state index in [0.717, 1.165) is 40.4 Å². The van der Waals surface area contributed by atoms with Gasteiger partial charge in [-0.05, 0) is 60.8 Å². The summed E-state index contributed by atoms with van der Waals surface area (Å²) in [7, 11) is 0. The molecule has 0 radical (unpaired) electrons. The summed E-state index contributed by atoms with van der Waals surface area (Å²) in [6.07, 6.45) is 3.93. The van der Waals surface area contributed by atoms with E-state index in [1.807, 2.05) is 36.4 Å². The quantitative estimate of drug-likeness (QED) is 0.538. The van der Waals surface area contributed by atoms with Crippen LogP contribution in [0, 0.1) is 0 Å². The lowest BCUT2D eigenvalue weighted by Gasteiger charge is -2.19. The topological polar surface area (TPSA) is 96.3 Å². The first-order valence-electron chi connectivity index (χ1n) is 11.8. The van der Waals surface area contributed by atoms with Gasteiger partial charge in [-0.1, -0.05) is 30.3 Å². The van der Waals surface area contributed by atoms with Crippen LogP contribution in [0.3, 0.4) is 0 Å². The van der Waals surface area contributed by atoms with Crippen LogP contribution >= 0.6 is 11.8 Å². The third-order valence-corrected chi connectivity index (χ3v) is 8.13. The van der Waals surface area contributed by atoms with Crippen molar-refractivity contribution < 1.29 is 14.4 Å². The number of carbonyl (C=O) groups is 3. The zero-order valence-electron chi connectivity index (χ0n) is 19.1. The summed E-state index contributed by atoms with van der Waals surface area (Å²) in [5, 5.41) is 10.5. The summed E-state index contributed by atoms with van der Waals surface area (Å²) in [6.45, 7) is -0.342. The number of carbonyl (C=O) groups excluding carboxylic acids is 3. The molecule has 3 heterocycles. The number of aryl methyl sites for hydroxylation is 2. The van der Waals surface area contributed by atoms with Gasteiger partial charge < -0.3 is 10.6 Å². The lowest BCUT2D eigenvalue weighted by molar-refractivity contribution is -0.133. The molecule has 6 rings (SSSR count). The number of benzene rings is 2. The molecule has 1 unspecified atom stereocenters. The molecule has 178 valence electrons. The van der Waals surface area contributed by atoms with Crippen LogP contribution < -0.4 is 10.6 Å². The molecule has 4 amide bonds. The average molecular weight is 488 g/mol. The van der Waals surface area contributed by atoms with E-state index < -0.39 is 17.5 Å². The molecule has 8 nitrogen and oxygen atoms in total. The summed E-state index contributed by atoms with van der Waals surface area (Å²) in [5.41, 5.74) is 4.40. The maximum atomic E-state index is 13.0. The minimum absolute atomic E-state index is 0.321. The SMILES string of the molecule is O=C(CN1C(=O)NC2(CCSC2)C1=O)Nc1cc(-c2ccc3c(c2)CCC3)nn1-c1ccccc1. The Morgan fingerprint density at radius 1 is 1.09 bits per heavy atom. The fourth-order valence-electron chi connectivity index (χ4n) is 5.09. The summed E-state index contributed by atoms with van der Waals surface area (Å²) >= 11 is 1.63. The first kappa shape index (κ1) is 21.9. The van der Waals surface area contributed by atoms with Crippen LogP contribution in [0.1, 0.15) is 24.0 Å². The molecule has 0 saturated carbocycles. The molecule has 1 aliphatic carbocycles. The molecule has 2 fully saturated rings. The molecule has 2 aromatic carbocycles. The highest BCUT2D eigenvalue weighted by Crippen LogP contribution is 2.34. The van der Waals surface area contributed by atoms with Crippen molar-refractivity contribution in [2.75, 3.05) is 23.4 Å². The Labute approximate surface area is 207 Å². The van der Waals surface area contributed by atoms with E-state index in [-0.39, 0.29) is 12.5 Å². The monoisotopic (exact) mass is 487 g/mol. The number of fused-ring (bicyclic) bond motifs is 1. The highest BCUT2D eigenvalue weighted by atomic mass is 32.2. The van der Waals surface area contributed by atoms with Gasteiger partial charge in [0.15, 0.2) is 0 Å². The number of thioether (sulfide) groups is 1. The van der Waals surface area contributed by atoms with Gasteiger partial charge in [-0.15, -0.1) is 0 Å². The van der Waals surface area contributed by atoms with Crippen LogP contribution in [-0.4, -0.2) is 56.1 Å².